The first-order valence-corrected chi connectivity index (χ1v) is 7.42. The van der Waals surface area contributed by atoms with Gasteiger partial charge in [0.15, 0.2) is 5.11 Å². The number of thiocarbonyl (C=S) groups is 1. The molecule has 1 heterocycles. The van der Waals surface area contributed by atoms with Crippen molar-refractivity contribution in [2.24, 2.45) is 10.8 Å². The molecule has 0 bridgehead atoms. The highest BCUT2D eigenvalue weighted by molar-refractivity contribution is 7.80. The summed E-state index contributed by atoms with van der Waals surface area (Å²) in [6.07, 6.45) is 9.21. The monoisotopic (exact) mass is 317 g/mol. The first-order chi connectivity index (χ1) is 10.8. The summed E-state index contributed by atoms with van der Waals surface area (Å²) in [5.41, 5.74) is 8.72. The lowest BCUT2D eigenvalue weighted by molar-refractivity contribution is 0.303. The summed E-state index contributed by atoms with van der Waals surface area (Å²) in [4.78, 5) is 4.01. The van der Waals surface area contributed by atoms with Crippen molar-refractivity contribution in [2.45, 2.75) is 19.4 Å². The predicted molar refractivity (Wildman–Crippen MR) is 90.9 cm³/mol. The number of para-hydroxylation sites is 1. The number of aromatic nitrogens is 2. The summed E-state index contributed by atoms with van der Waals surface area (Å²) in [7, 11) is 0. The van der Waals surface area contributed by atoms with E-state index in [-0.39, 0.29) is 5.11 Å². The van der Waals surface area contributed by atoms with Gasteiger partial charge in [-0.2, -0.15) is 5.10 Å². The molecule has 0 unspecified atom stereocenters. The van der Waals surface area contributed by atoms with E-state index in [1.807, 2.05) is 36.8 Å². The second-order valence-corrected chi connectivity index (χ2v) is 5.07. The van der Waals surface area contributed by atoms with E-state index in [0.717, 1.165) is 30.7 Å². The zero-order valence-corrected chi connectivity index (χ0v) is 13.0. The number of aryl methyl sites for hydroxylation is 1. The fraction of sp³-hybridized carbons (Fsp3) is 0.267. The van der Waals surface area contributed by atoms with E-state index in [2.05, 4.69) is 20.1 Å². The van der Waals surface area contributed by atoms with E-state index in [1.165, 1.54) is 0 Å². The first-order valence-electron chi connectivity index (χ1n) is 7.02. The van der Waals surface area contributed by atoms with Gasteiger partial charge in [-0.25, -0.2) is 4.98 Å². The normalized spacial score (nSPS) is 10.7. The molecule has 0 saturated heterocycles. The van der Waals surface area contributed by atoms with Gasteiger partial charge in [0, 0.05) is 24.5 Å². The van der Waals surface area contributed by atoms with Crippen LogP contribution in [0.25, 0.3) is 0 Å². The quantitative estimate of drug-likeness (QED) is 0.336. The molecular formula is C15H19N5OS. The van der Waals surface area contributed by atoms with E-state index in [9.17, 15) is 0 Å². The highest BCUT2D eigenvalue weighted by Gasteiger charge is 2.00. The van der Waals surface area contributed by atoms with Crippen LogP contribution in [0.4, 0.5) is 0 Å². The van der Waals surface area contributed by atoms with E-state index >= 15 is 0 Å². The molecule has 0 radical (unpaired) electrons. The van der Waals surface area contributed by atoms with Crippen molar-refractivity contribution in [3.05, 3.63) is 48.5 Å². The summed E-state index contributed by atoms with van der Waals surface area (Å²) in [6, 6.07) is 7.69. The van der Waals surface area contributed by atoms with Crippen LogP contribution in [-0.4, -0.2) is 27.5 Å². The Morgan fingerprint density at radius 2 is 2.27 bits per heavy atom. The minimum Gasteiger partial charge on any atom is -0.493 e. The Bertz CT molecular complexity index is 612. The summed E-state index contributed by atoms with van der Waals surface area (Å²) in [6.45, 7) is 1.60. The second kappa shape index (κ2) is 8.78. The second-order valence-electron chi connectivity index (χ2n) is 4.63. The molecular weight excluding hydrogens is 298 g/mol. The maximum atomic E-state index is 5.81. The number of rotatable bonds is 8. The number of ether oxygens (including phenoxy) is 1. The highest BCUT2D eigenvalue weighted by atomic mass is 32.1. The molecule has 22 heavy (non-hydrogen) atoms. The average Bonchev–Trinajstić information content (AvgIpc) is 3.01. The molecule has 0 aliphatic heterocycles. The van der Waals surface area contributed by atoms with Gasteiger partial charge in [0.1, 0.15) is 5.75 Å². The van der Waals surface area contributed by atoms with Crippen molar-refractivity contribution < 1.29 is 4.74 Å². The number of hydrazone groups is 1. The third-order valence-corrected chi connectivity index (χ3v) is 3.02. The van der Waals surface area contributed by atoms with Crippen LogP contribution in [-0.2, 0) is 6.54 Å². The van der Waals surface area contributed by atoms with Crippen molar-refractivity contribution in [1.29, 1.82) is 0 Å². The molecule has 2 rings (SSSR count). The van der Waals surface area contributed by atoms with Crippen molar-refractivity contribution >= 4 is 23.5 Å². The number of unbranched alkanes of at least 4 members (excludes halogenated alkanes) is 1. The molecule has 2 aromatic rings. The van der Waals surface area contributed by atoms with E-state index < -0.39 is 0 Å². The largest absolute Gasteiger partial charge is 0.493 e. The molecule has 0 amide bonds. The van der Waals surface area contributed by atoms with E-state index in [4.69, 9.17) is 22.7 Å². The third kappa shape index (κ3) is 5.53. The predicted octanol–water partition coefficient (Wildman–Crippen LogP) is 1.91. The Balaban J connectivity index is 1.77. The van der Waals surface area contributed by atoms with Gasteiger partial charge in [-0.05, 0) is 37.2 Å². The summed E-state index contributed by atoms with van der Waals surface area (Å²) in [5, 5.41) is 4.08. The molecule has 3 N–H and O–H groups in total. The van der Waals surface area contributed by atoms with Gasteiger partial charge in [-0.15, -0.1) is 0 Å². The molecule has 0 atom stereocenters. The summed E-state index contributed by atoms with van der Waals surface area (Å²) < 4.78 is 7.86. The number of nitrogens with one attached hydrogen (secondary N) is 1. The highest BCUT2D eigenvalue weighted by Crippen LogP contribution is 2.16. The standard InChI is InChI=1S/C15H19N5OS/c16-15(22)19-18-11-13-5-1-2-6-14(13)21-10-4-3-8-20-9-7-17-12-20/h1-2,5-7,9,11-12H,3-4,8,10H2,(H3,16,19,22). The molecule has 1 aromatic heterocycles. The SMILES string of the molecule is NC(=S)NN=Cc1ccccc1OCCCCn1ccnc1. The molecule has 0 aliphatic rings. The number of imidazole rings is 1. The van der Waals surface area contributed by atoms with Gasteiger partial charge in [0.05, 0.1) is 19.1 Å². The summed E-state index contributed by atoms with van der Waals surface area (Å²) >= 11 is 4.69. The Labute approximate surface area is 135 Å². The molecule has 0 spiro atoms. The molecule has 1 aromatic carbocycles. The van der Waals surface area contributed by atoms with Crippen LogP contribution >= 0.6 is 12.2 Å². The van der Waals surface area contributed by atoms with Gasteiger partial charge in [0.25, 0.3) is 0 Å². The zero-order valence-electron chi connectivity index (χ0n) is 12.2. The van der Waals surface area contributed by atoms with E-state index in [1.54, 1.807) is 12.4 Å². The number of benzene rings is 1. The smallest absolute Gasteiger partial charge is 0.184 e. The number of hydrogen-bond acceptors (Lipinski definition) is 4. The van der Waals surface area contributed by atoms with Crippen molar-refractivity contribution in [1.82, 2.24) is 15.0 Å². The van der Waals surface area contributed by atoms with Crippen molar-refractivity contribution in [3.8, 4) is 5.75 Å². The molecule has 6 nitrogen and oxygen atoms in total. The van der Waals surface area contributed by atoms with Crippen LogP contribution in [0.1, 0.15) is 18.4 Å². The van der Waals surface area contributed by atoms with Crippen LogP contribution in [0.15, 0.2) is 48.1 Å². The lowest BCUT2D eigenvalue weighted by Gasteiger charge is -2.09. The Kier molecular flexibility index (Phi) is 6.38. The number of hydrogen-bond donors (Lipinski definition) is 2. The molecule has 7 heteroatoms. The van der Waals surface area contributed by atoms with Crippen LogP contribution in [0.5, 0.6) is 5.75 Å². The van der Waals surface area contributed by atoms with Crippen LogP contribution in [0.2, 0.25) is 0 Å². The van der Waals surface area contributed by atoms with Gasteiger partial charge in [-0.1, -0.05) is 12.1 Å². The number of nitrogens with zero attached hydrogens (tertiary/aromatic N) is 3. The maximum Gasteiger partial charge on any atom is 0.184 e. The Hall–Kier alpha value is -2.41. The minimum absolute atomic E-state index is 0.133. The first kappa shape index (κ1) is 16.0. The number of nitrogens with two attached hydrogens (primary N) is 1. The van der Waals surface area contributed by atoms with Crippen molar-refractivity contribution in [3.63, 3.8) is 0 Å². The minimum atomic E-state index is 0.133. The molecule has 116 valence electrons. The topological polar surface area (TPSA) is 77.5 Å². The maximum absolute atomic E-state index is 5.81. The van der Waals surface area contributed by atoms with Crippen LogP contribution in [0.3, 0.4) is 0 Å². The summed E-state index contributed by atoms with van der Waals surface area (Å²) in [5.74, 6) is 0.790. The third-order valence-electron chi connectivity index (χ3n) is 2.92. The van der Waals surface area contributed by atoms with Gasteiger partial charge < -0.3 is 15.0 Å². The fourth-order valence-electron chi connectivity index (χ4n) is 1.88. The van der Waals surface area contributed by atoms with Gasteiger partial charge in [-0.3, -0.25) is 5.43 Å². The Morgan fingerprint density at radius 3 is 3.05 bits per heavy atom. The average molecular weight is 317 g/mol. The molecule has 0 aliphatic carbocycles. The van der Waals surface area contributed by atoms with E-state index in [0.29, 0.717) is 6.61 Å². The fourth-order valence-corrected chi connectivity index (χ4v) is 1.93. The van der Waals surface area contributed by atoms with Gasteiger partial charge in [0.2, 0.25) is 0 Å². The lowest BCUT2D eigenvalue weighted by atomic mass is 10.2. The van der Waals surface area contributed by atoms with Crippen molar-refractivity contribution in [2.75, 3.05) is 6.61 Å². The lowest BCUT2D eigenvalue weighted by Crippen LogP contribution is -2.24. The van der Waals surface area contributed by atoms with Crippen LogP contribution in [0, 0.1) is 0 Å². The molecule has 0 fully saturated rings. The van der Waals surface area contributed by atoms with Gasteiger partial charge >= 0.3 is 0 Å². The Morgan fingerprint density at radius 1 is 1.41 bits per heavy atom. The van der Waals surface area contributed by atoms with Crippen LogP contribution < -0.4 is 15.9 Å². The molecule has 0 saturated carbocycles. The zero-order chi connectivity index (χ0) is 15.6.